The molecule has 1 saturated heterocycles. The summed E-state index contributed by atoms with van der Waals surface area (Å²) in [5.74, 6) is -2.79. The molecule has 1 aliphatic rings. The van der Waals surface area contributed by atoms with Crippen molar-refractivity contribution in [2.75, 3.05) is 25.6 Å². The number of nitrogens with one attached hydrogen (secondary N) is 3. The van der Waals surface area contributed by atoms with Crippen molar-refractivity contribution in [1.29, 1.82) is 0 Å². The van der Waals surface area contributed by atoms with Gasteiger partial charge >= 0.3 is 0 Å². The molecule has 1 fully saturated rings. The molecule has 4 atom stereocenters. The van der Waals surface area contributed by atoms with Gasteiger partial charge in [0.25, 0.3) is 0 Å². The molecule has 11 nitrogen and oxygen atoms in total. The molecular weight excluding hydrogens is 700 g/mol. The van der Waals surface area contributed by atoms with Crippen LogP contribution in [0.5, 0.6) is 0 Å². The van der Waals surface area contributed by atoms with Gasteiger partial charge in [0.15, 0.2) is 0 Å². The SMILES string of the molecule is Cc1ccc(C[C@@H]2C(=O)N[C@@H](Cc3c[nH]c4cc(Cl)ccc34)C(=O)N(C)[C@@H](Cc3ccccc3C)C(=O)N[C@H](C(N)=O)CSCC(=O)N2C)c(C)c1. The number of rotatable bonds is 7. The zero-order chi connectivity index (χ0) is 37.7. The largest absolute Gasteiger partial charge is 0.368 e. The first kappa shape index (κ1) is 38.4. The smallest absolute Gasteiger partial charge is 0.245 e. The number of primary amides is 1. The molecule has 0 radical (unpaired) electrons. The minimum absolute atomic E-state index is 0.0243. The molecule has 5 N–H and O–H groups in total. The minimum atomic E-state index is -1.14. The standard InChI is InChI=1S/C39H45ClN6O5S/c1-22-10-11-26(24(3)14-22)17-33-37(49)43-31(15-27-19-42-30-18-28(40)12-13-29(27)30)39(51)46(5)34(16-25-9-7-6-8-23(25)2)38(50)44-32(36(41)48)20-52-21-35(47)45(33)4/h6-14,18-19,31-34,42H,15-17,20-21H2,1-5H3,(H2,41,48)(H,43,49)(H,44,50)/t31-,32-,33+,34-/m0/s1. The summed E-state index contributed by atoms with van der Waals surface area (Å²) in [7, 11) is 3.08. The van der Waals surface area contributed by atoms with Crippen molar-refractivity contribution in [2.24, 2.45) is 5.73 Å². The fraction of sp³-hybridized carbons (Fsp3) is 0.359. The molecule has 0 unspecified atom stereocenters. The summed E-state index contributed by atoms with van der Waals surface area (Å²) in [6.45, 7) is 5.86. The highest BCUT2D eigenvalue weighted by Gasteiger charge is 2.37. The number of hydrogen-bond acceptors (Lipinski definition) is 6. The minimum Gasteiger partial charge on any atom is -0.368 e. The van der Waals surface area contributed by atoms with Crippen LogP contribution in [0.3, 0.4) is 0 Å². The van der Waals surface area contributed by atoms with Crippen LogP contribution in [0.15, 0.2) is 66.9 Å². The number of likely N-dealkylation sites (N-methyl/N-ethyl adjacent to an activating group) is 2. The number of carbonyl (C=O) groups excluding carboxylic acids is 5. The fourth-order valence-electron chi connectivity index (χ4n) is 6.56. The summed E-state index contributed by atoms with van der Waals surface area (Å²) in [5.41, 5.74) is 11.9. The third kappa shape index (κ3) is 8.97. The van der Waals surface area contributed by atoms with Crippen molar-refractivity contribution < 1.29 is 24.0 Å². The Kier molecular flexibility index (Phi) is 12.3. The number of aromatic nitrogens is 1. The quantitative estimate of drug-likeness (QED) is 0.227. The van der Waals surface area contributed by atoms with Crippen molar-refractivity contribution in [3.8, 4) is 0 Å². The average molecular weight is 745 g/mol. The Morgan fingerprint density at radius 1 is 0.827 bits per heavy atom. The Balaban J connectivity index is 1.59. The first-order valence-electron chi connectivity index (χ1n) is 17.1. The highest BCUT2D eigenvalue weighted by atomic mass is 35.5. The number of carbonyl (C=O) groups is 5. The zero-order valence-corrected chi connectivity index (χ0v) is 31.6. The Morgan fingerprint density at radius 3 is 2.19 bits per heavy atom. The van der Waals surface area contributed by atoms with Crippen molar-refractivity contribution in [3.05, 3.63) is 105 Å². The van der Waals surface area contributed by atoms with Crippen molar-refractivity contribution in [1.82, 2.24) is 25.4 Å². The van der Waals surface area contributed by atoms with Gasteiger partial charge in [0.2, 0.25) is 29.5 Å². The third-order valence-corrected chi connectivity index (χ3v) is 11.1. The van der Waals surface area contributed by atoms with Crippen LogP contribution in [-0.2, 0) is 43.2 Å². The molecule has 13 heteroatoms. The number of nitrogens with two attached hydrogens (primary N) is 1. The Hall–Kier alpha value is -4.81. The van der Waals surface area contributed by atoms with Gasteiger partial charge in [0.05, 0.1) is 5.75 Å². The number of aryl methyl sites for hydroxylation is 3. The van der Waals surface area contributed by atoms with E-state index in [4.69, 9.17) is 17.3 Å². The van der Waals surface area contributed by atoms with Crippen LogP contribution in [0.4, 0.5) is 0 Å². The molecule has 0 spiro atoms. The van der Waals surface area contributed by atoms with E-state index in [1.165, 1.54) is 16.8 Å². The maximum Gasteiger partial charge on any atom is 0.245 e. The van der Waals surface area contributed by atoms with E-state index in [0.29, 0.717) is 5.02 Å². The summed E-state index contributed by atoms with van der Waals surface area (Å²) in [5, 5.41) is 7.10. The van der Waals surface area contributed by atoms with Crippen molar-refractivity contribution >= 4 is 63.8 Å². The van der Waals surface area contributed by atoms with E-state index >= 15 is 0 Å². The van der Waals surface area contributed by atoms with Crippen LogP contribution in [0, 0.1) is 20.8 Å². The molecule has 3 aromatic carbocycles. The molecule has 0 saturated carbocycles. The molecule has 0 aliphatic carbocycles. The molecule has 5 rings (SSSR count). The lowest BCUT2D eigenvalue weighted by atomic mass is 9.96. The van der Waals surface area contributed by atoms with Crippen molar-refractivity contribution in [2.45, 2.75) is 64.2 Å². The number of fused-ring (bicyclic) bond motifs is 1. The molecular formula is C39H45ClN6O5S. The first-order valence-corrected chi connectivity index (χ1v) is 18.6. The van der Waals surface area contributed by atoms with E-state index in [1.54, 1.807) is 25.4 Å². The van der Waals surface area contributed by atoms with Crippen LogP contribution < -0.4 is 16.4 Å². The summed E-state index contributed by atoms with van der Waals surface area (Å²) in [6.07, 6.45) is 2.18. The predicted octanol–water partition coefficient (Wildman–Crippen LogP) is 3.63. The third-order valence-electron chi connectivity index (χ3n) is 9.81. The van der Waals surface area contributed by atoms with Gasteiger partial charge in [-0.05, 0) is 60.7 Å². The van der Waals surface area contributed by atoms with Gasteiger partial charge in [-0.3, -0.25) is 24.0 Å². The molecule has 2 heterocycles. The van der Waals surface area contributed by atoms with Gasteiger partial charge in [-0.1, -0.05) is 65.7 Å². The topological polar surface area (TPSA) is 158 Å². The summed E-state index contributed by atoms with van der Waals surface area (Å²) in [6, 6.07) is 14.5. The second-order valence-electron chi connectivity index (χ2n) is 13.5. The monoisotopic (exact) mass is 744 g/mol. The maximum atomic E-state index is 14.7. The Labute approximate surface area is 313 Å². The molecule has 4 aromatic rings. The number of aromatic amines is 1. The fourth-order valence-corrected chi connectivity index (χ4v) is 7.71. The van der Waals surface area contributed by atoms with Gasteiger partial charge < -0.3 is 31.2 Å². The lowest BCUT2D eigenvalue weighted by Crippen LogP contribution is -2.59. The number of H-pyrrole nitrogens is 1. The first-order chi connectivity index (χ1) is 24.7. The molecule has 1 aromatic heterocycles. The normalized spacial score (nSPS) is 21.0. The maximum absolute atomic E-state index is 14.7. The Bertz CT molecular complexity index is 2000. The van der Waals surface area contributed by atoms with Crippen LogP contribution in [0.1, 0.15) is 33.4 Å². The average Bonchev–Trinajstić information content (AvgIpc) is 3.49. The van der Waals surface area contributed by atoms with E-state index in [1.807, 2.05) is 69.3 Å². The Morgan fingerprint density at radius 2 is 1.50 bits per heavy atom. The second kappa shape index (κ2) is 16.7. The van der Waals surface area contributed by atoms with Crippen LogP contribution in [0.2, 0.25) is 5.02 Å². The van der Waals surface area contributed by atoms with E-state index in [2.05, 4.69) is 15.6 Å². The second-order valence-corrected chi connectivity index (χ2v) is 15.0. The predicted molar refractivity (Wildman–Crippen MR) is 205 cm³/mol. The van der Waals surface area contributed by atoms with Gasteiger partial charge in [-0.25, -0.2) is 0 Å². The van der Waals surface area contributed by atoms with Gasteiger partial charge in [-0.15, -0.1) is 11.8 Å². The van der Waals surface area contributed by atoms with Gasteiger partial charge in [-0.2, -0.15) is 0 Å². The molecule has 52 heavy (non-hydrogen) atoms. The summed E-state index contributed by atoms with van der Waals surface area (Å²) < 4.78 is 0. The number of thioether (sulfide) groups is 1. The lowest BCUT2D eigenvalue weighted by Gasteiger charge is -2.33. The van der Waals surface area contributed by atoms with E-state index in [0.717, 1.165) is 56.0 Å². The van der Waals surface area contributed by atoms with Crippen LogP contribution in [-0.4, -0.2) is 94.1 Å². The van der Waals surface area contributed by atoms with E-state index in [-0.39, 0.29) is 36.7 Å². The number of benzene rings is 3. The van der Waals surface area contributed by atoms with Crippen LogP contribution in [0.25, 0.3) is 10.9 Å². The number of hydrogen-bond donors (Lipinski definition) is 4. The van der Waals surface area contributed by atoms with Crippen LogP contribution >= 0.6 is 23.4 Å². The number of nitrogens with zero attached hydrogens (tertiary/aromatic N) is 2. The zero-order valence-electron chi connectivity index (χ0n) is 30.0. The van der Waals surface area contributed by atoms with Crippen molar-refractivity contribution in [3.63, 3.8) is 0 Å². The molecule has 0 bridgehead atoms. The highest BCUT2D eigenvalue weighted by Crippen LogP contribution is 2.25. The highest BCUT2D eigenvalue weighted by molar-refractivity contribution is 8.00. The lowest BCUT2D eigenvalue weighted by molar-refractivity contribution is -0.143. The van der Waals surface area contributed by atoms with E-state index < -0.39 is 47.8 Å². The van der Waals surface area contributed by atoms with Gasteiger partial charge in [0.1, 0.15) is 24.2 Å². The number of halogens is 1. The van der Waals surface area contributed by atoms with Gasteiger partial charge in [0, 0.05) is 61.2 Å². The molecule has 5 amide bonds. The molecule has 1 aliphatic heterocycles. The number of amides is 5. The van der Waals surface area contributed by atoms with E-state index in [9.17, 15) is 24.0 Å². The summed E-state index contributed by atoms with van der Waals surface area (Å²) in [4.78, 5) is 75.4. The molecule has 274 valence electrons. The summed E-state index contributed by atoms with van der Waals surface area (Å²) >= 11 is 7.38.